The molecule has 2 unspecified atom stereocenters. The van der Waals surface area contributed by atoms with E-state index in [0.717, 1.165) is 12.8 Å². The summed E-state index contributed by atoms with van der Waals surface area (Å²) in [5.41, 5.74) is 0. The maximum atomic E-state index is 12.5. The first-order valence-electron chi connectivity index (χ1n) is 5.46. The highest BCUT2D eigenvalue weighted by Crippen LogP contribution is 2.42. The molecule has 1 saturated heterocycles. The normalized spacial score (nSPS) is 27.2. The Labute approximate surface area is 109 Å². The van der Waals surface area contributed by atoms with Crippen molar-refractivity contribution in [3.05, 3.63) is 39.7 Å². The number of epoxide rings is 1. The summed E-state index contributed by atoms with van der Waals surface area (Å²) in [6.45, 7) is 0. The van der Waals surface area contributed by atoms with Crippen LogP contribution in [-0.2, 0) is 14.6 Å². The third-order valence-corrected chi connectivity index (χ3v) is 6.00. The van der Waals surface area contributed by atoms with E-state index >= 15 is 0 Å². The molecule has 0 N–H and O–H groups in total. The van der Waals surface area contributed by atoms with E-state index in [9.17, 15) is 8.42 Å². The average Bonchev–Trinajstić information content (AvgIpc) is 3.07. The number of allylic oxidation sites excluding steroid dienone is 1. The van der Waals surface area contributed by atoms with Gasteiger partial charge in [0.15, 0.2) is 0 Å². The van der Waals surface area contributed by atoms with Crippen LogP contribution in [0.4, 0.5) is 0 Å². The Hall–Kier alpha value is -0.650. The Morgan fingerprint density at radius 2 is 2.06 bits per heavy atom. The second kappa shape index (κ2) is 3.93. The Balaban J connectivity index is 2.08. The van der Waals surface area contributed by atoms with Crippen molar-refractivity contribution in [2.75, 3.05) is 0 Å². The molecular weight excluding hydrogens is 304 g/mol. The lowest BCUT2D eigenvalue weighted by atomic mass is 10.1. The number of rotatable bonds is 2. The van der Waals surface area contributed by atoms with E-state index < -0.39 is 9.84 Å². The van der Waals surface area contributed by atoms with Crippen molar-refractivity contribution >= 4 is 25.8 Å². The Kier molecular flexibility index (Phi) is 2.65. The molecule has 17 heavy (non-hydrogen) atoms. The lowest BCUT2D eigenvalue weighted by Gasteiger charge is -2.11. The Morgan fingerprint density at radius 3 is 2.82 bits per heavy atom. The van der Waals surface area contributed by atoms with Crippen molar-refractivity contribution in [2.45, 2.75) is 29.9 Å². The lowest BCUT2D eigenvalue weighted by Crippen LogP contribution is -2.14. The van der Waals surface area contributed by atoms with Gasteiger partial charge in [-0.15, -0.1) is 0 Å². The number of halogens is 1. The van der Waals surface area contributed by atoms with E-state index in [1.165, 1.54) is 0 Å². The zero-order valence-electron chi connectivity index (χ0n) is 8.97. The lowest BCUT2D eigenvalue weighted by molar-refractivity contribution is 0.383. The van der Waals surface area contributed by atoms with Gasteiger partial charge in [0.2, 0.25) is 9.84 Å². The summed E-state index contributed by atoms with van der Waals surface area (Å²) < 4.78 is 30.9. The minimum absolute atomic E-state index is 0.118. The summed E-state index contributed by atoms with van der Waals surface area (Å²) in [6, 6.07) is 6.88. The molecule has 0 saturated carbocycles. The van der Waals surface area contributed by atoms with Crippen molar-refractivity contribution in [3.8, 4) is 0 Å². The molecule has 5 heteroatoms. The van der Waals surface area contributed by atoms with Crippen LogP contribution >= 0.6 is 15.9 Å². The largest absolute Gasteiger partial charge is 0.364 e. The molecule has 2 atom stereocenters. The van der Waals surface area contributed by atoms with E-state index in [-0.39, 0.29) is 12.2 Å². The van der Waals surface area contributed by atoms with E-state index in [1.54, 1.807) is 30.3 Å². The molecule has 0 aromatic heterocycles. The highest BCUT2D eigenvalue weighted by molar-refractivity contribution is 9.10. The fourth-order valence-corrected chi connectivity index (χ4v) is 4.78. The van der Waals surface area contributed by atoms with Crippen molar-refractivity contribution in [3.63, 3.8) is 0 Å². The monoisotopic (exact) mass is 314 g/mol. The van der Waals surface area contributed by atoms with Gasteiger partial charge >= 0.3 is 0 Å². The van der Waals surface area contributed by atoms with Crippen molar-refractivity contribution < 1.29 is 13.2 Å². The standard InChI is InChI=1S/C12H11BrO3S/c13-8-4-1-2-6-10(8)17(14,15)11-7-3-5-9-12(11)16-9/h1-2,4,6-7,9,12H,3,5H2. The number of hydrogen-bond donors (Lipinski definition) is 0. The molecule has 0 amide bonds. The van der Waals surface area contributed by atoms with Crippen LogP contribution in [-0.4, -0.2) is 20.6 Å². The summed E-state index contributed by atoms with van der Waals surface area (Å²) in [5.74, 6) is 0. The van der Waals surface area contributed by atoms with Crippen molar-refractivity contribution in [2.24, 2.45) is 0 Å². The van der Waals surface area contributed by atoms with Crippen LogP contribution in [0.1, 0.15) is 12.8 Å². The van der Waals surface area contributed by atoms with Gasteiger partial charge in [-0.25, -0.2) is 8.42 Å². The first-order valence-corrected chi connectivity index (χ1v) is 7.73. The third-order valence-electron chi connectivity index (χ3n) is 3.10. The summed E-state index contributed by atoms with van der Waals surface area (Å²) in [7, 11) is -3.41. The average molecular weight is 315 g/mol. The molecule has 3 rings (SSSR count). The molecule has 1 aliphatic carbocycles. The molecule has 0 radical (unpaired) electrons. The Bertz CT molecular complexity index is 592. The maximum Gasteiger partial charge on any atom is 0.206 e. The predicted octanol–water partition coefficient (Wildman–Crippen LogP) is 2.67. The molecule has 0 spiro atoms. The van der Waals surface area contributed by atoms with E-state index in [1.807, 2.05) is 0 Å². The quantitative estimate of drug-likeness (QED) is 0.788. The minimum Gasteiger partial charge on any atom is -0.364 e. The fourth-order valence-electron chi connectivity index (χ4n) is 2.17. The number of fused-ring (bicyclic) bond motifs is 1. The molecule has 0 bridgehead atoms. The topological polar surface area (TPSA) is 46.7 Å². The van der Waals surface area contributed by atoms with Crippen LogP contribution in [0.3, 0.4) is 0 Å². The highest BCUT2D eigenvalue weighted by Gasteiger charge is 2.48. The molecule has 3 nitrogen and oxygen atoms in total. The van der Waals surface area contributed by atoms with Crippen LogP contribution in [0.5, 0.6) is 0 Å². The van der Waals surface area contributed by atoms with Crippen LogP contribution in [0.25, 0.3) is 0 Å². The van der Waals surface area contributed by atoms with Crippen LogP contribution in [0, 0.1) is 0 Å². The molecule has 1 aliphatic heterocycles. The minimum atomic E-state index is -3.41. The summed E-state index contributed by atoms with van der Waals surface area (Å²) in [6.07, 6.45) is 3.41. The molecule has 90 valence electrons. The molecule has 1 aromatic rings. The van der Waals surface area contributed by atoms with Crippen molar-refractivity contribution in [1.82, 2.24) is 0 Å². The van der Waals surface area contributed by atoms with Crippen LogP contribution in [0.2, 0.25) is 0 Å². The van der Waals surface area contributed by atoms with E-state index in [2.05, 4.69) is 15.9 Å². The van der Waals surface area contributed by atoms with Gasteiger partial charge in [-0.3, -0.25) is 0 Å². The van der Waals surface area contributed by atoms with Gasteiger partial charge in [0.1, 0.15) is 6.10 Å². The molecule has 2 aliphatic rings. The fraction of sp³-hybridized carbons (Fsp3) is 0.333. The van der Waals surface area contributed by atoms with Gasteiger partial charge < -0.3 is 4.74 Å². The number of benzene rings is 1. The predicted molar refractivity (Wildman–Crippen MR) is 67.3 cm³/mol. The smallest absolute Gasteiger partial charge is 0.206 e. The zero-order valence-corrected chi connectivity index (χ0v) is 11.4. The summed E-state index contributed by atoms with van der Waals surface area (Å²) >= 11 is 3.29. The first-order chi connectivity index (χ1) is 8.10. The van der Waals surface area contributed by atoms with Crippen molar-refractivity contribution in [1.29, 1.82) is 0 Å². The maximum absolute atomic E-state index is 12.5. The van der Waals surface area contributed by atoms with Gasteiger partial charge in [0, 0.05) is 4.47 Å². The molecular formula is C12H11BrO3S. The molecule has 1 fully saturated rings. The van der Waals surface area contributed by atoms with Gasteiger partial charge in [-0.05, 0) is 40.9 Å². The number of hydrogen-bond acceptors (Lipinski definition) is 3. The van der Waals surface area contributed by atoms with Gasteiger partial charge in [0.05, 0.1) is 15.9 Å². The first kappa shape index (κ1) is 11.4. The summed E-state index contributed by atoms with van der Waals surface area (Å²) in [5, 5.41) is 0. The highest BCUT2D eigenvalue weighted by atomic mass is 79.9. The Morgan fingerprint density at radius 1 is 1.29 bits per heavy atom. The van der Waals surface area contributed by atoms with Crippen LogP contribution in [0.15, 0.2) is 44.6 Å². The number of ether oxygens (including phenoxy) is 1. The van der Waals surface area contributed by atoms with Crippen LogP contribution < -0.4 is 0 Å². The van der Waals surface area contributed by atoms with Gasteiger partial charge in [-0.1, -0.05) is 18.2 Å². The van der Waals surface area contributed by atoms with E-state index in [4.69, 9.17) is 4.74 Å². The SMILES string of the molecule is O=S(=O)(C1=CCCC2OC12)c1ccccc1Br. The second-order valence-corrected chi connectivity index (χ2v) is 6.99. The molecule has 1 aromatic carbocycles. The third kappa shape index (κ3) is 1.86. The van der Waals surface area contributed by atoms with E-state index in [0.29, 0.717) is 14.3 Å². The van der Waals surface area contributed by atoms with Gasteiger partial charge in [0.25, 0.3) is 0 Å². The zero-order chi connectivity index (χ0) is 12.0. The van der Waals surface area contributed by atoms with Gasteiger partial charge in [-0.2, -0.15) is 0 Å². The summed E-state index contributed by atoms with van der Waals surface area (Å²) in [4.78, 5) is 0.753. The molecule has 1 heterocycles. The second-order valence-electron chi connectivity index (χ2n) is 4.21. The number of sulfone groups is 1.